The number of halogens is 1. The minimum absolute atomic E-state index is 0.0507. The molecule has 8 N–H and O–H groups in total. The fourth-order valence-corrected chi connectivity index (χ4v) is 15.6. The lowest BCUT2D eigenvalue weighted by atomic mass is 9.47. The van der Waals surface area contributed by atoms with E-state index in [0.29, 0.717) is 57.5 Å². The van der Waals surface area contributed by atoms with Crippen molar-refractivity contribution < 1.29 is 78.4 Å². The zero-order valence-corrected chi connectivity index (χ0v) is 43.3. The van der Waals surface area contributed by atoms with Crippen molar-refractivity contribution in [3.63, 3.8) is 0 Å². The van der Waals surface area contributed by atoms with Gasteiger partial charge in [-0.3, -0.25) is 4.79 Å². The highest BCUT2D eigenvalue weighted by Gasteiger charge is 2.69. The maximum Gasteiger partial charge on any atom is 0.252 e. The highest BCUT2D eigenvalue weighted by molar-refractivity contribution is 14.1. The molecule has 5 saturated heterocycles. The molecule has 1 aromatic carbocycles. The van der Waals surface area contributed by atoms with Crippen LogP contribution in [0.15, 0.2) is 35.9 Å². The summed E-state index contributed by atoms with van der Waals surface area (Å²) in [6, 6.07) is 7.04. The van der Waals surface area contributed by atoms with Gasteiger partial charge in [-0.15, -0.1) is 0 Å². The van der Waals surface area contributed by atoms with Gasteiger partial charge in [-0.2, -0.15) is 0 Å². The second-order valence-electron chi connectivity index (χ2n) is 23.1. The molecule has 0 radical (unpaired) electrons. The summed E-state index contributed by atoms with van der Waals surface area (Å²) in [5, 5.41) is 80.1. The number of hydrogen-bond acceptors (Lipinski definition) is 16. The van der Waals surface area contributed by atoms with Crippen LogP contribution in [0.1, 0.15) is 110 Å². The van der Waals surface area contributed by atoms with Gasteiger partial charge in [0.15, 0.2) is 24.7 Å². The molecule has 0 bridgehead atoms. The topological polar surface area (TPSA) is 245 Å². The van der Waals surface area contributed by atoms with E-state index in [1.807, 2.05) is 6.07 Å². The number of ether oxygens (including phenoxy) is 8. The predicted molar refractivity (Wildman–Crippen MR) is 257 cm³/mol. The molecule has 392 valence electrons. The van der Waals surface area contributed by atoms with Gasteiger partial charge in [-0.1, -0.05) is 51.5 Å². The Morgan fingerprint density at radius 1 is 0.757 bits per heavy atom. The lowest BCUT2D eigenvalue weighted by molar-refractivity contribution is -0.386. The standard InChI is InChI=1S/C52H76INO16/c1-23-13-18-52(63-22-23)24(2)36-34(70-52)20-32-29-12-11-27-19-28(14-16-50(27,5)31(29)15-17-51(32,36)6)66-49-45(69-48-42(60)40(58)38(56)26(4)65-48)43(61)44(68-47-41(59)39(57)37(55)25(3)64-47)35(67-49)21-54-46(62)30-9-7-8-10-33(30)53/h7-11,23-26,28-29,31-32,34-45,47-49,55-61H,12-22H2,1-6H3,(H,54,62)/t23-,24-,25+,26+,28-,29+,31-,32?,34-,35+,36-,37+,38+,39-,40-,41-,42-,43-,44+,45+,47+,48+,49+,50-,51-,52+/m0/s1. The first kappa shape index (κ1) is 52.0. The van der Waals surface area contributed by atoms with Crippen LogP contribution in [-0.4, -0.2) is 165 Å². The molecule has 70 heavy (non-hydrogen) atoms. The number of benzene rings is 1. The normalized spacial score (nSPS) is 52.3. The first-order chi connectivity index (χ1) is 33.2. The summed E-state index contributed by atoms with van der Waals surface area (Å²) in [6.07, 6.45) is -11.0. The van der Waals surface area contributed by atoms with Crippen molar-refractivity contribution in [1.29, 1.82) is 0 Å². The lowest BCUT2D eigenvalue weighted by Crippen LogP contribution is -2.67. The van der Waals surface area contributed by atoms with E-state index in [0.717, 1.165) is 51.6 Å². The Bertz CT molecular complexity index is 2080. The third-order valence-electron chi connectivity index (χ3n) is 19.1. The number of aliphatic hydroxyl groups is 7. The first-order valence-electron chi connectivity index (χ1n) is 26.0. The van der Waals surface area contributed by atoms with Crippen molar-refractivity contribution in [2.75, 3.05) is 13.2 Å². The molecule has 9 aliphatic rings. The highest BCUT2D eigenvalue weighted by atomic mass is 127. The van der Waals surface area contributed by atoms with Crippen LogP contribution in [-0.2, 0) is 37.9 Å². The maximum atomic E-state index is 13.6. The zero-order chi connectivity index (χ0) is 49.8. The van der Waals surface area contributed by atoms with Gasteiger partial charge in [0.2, 0.25) is 0 Å². The lowest BCUT2D eigenvalue weighted by Gasteiger charge is -2.59. The van der Waals surface area contributed by atoms with E-state index in [4.69, 9.17) is 37.9 Å². The first-order valence-corrected chi connectivity index (χ1v) is 27.1. The number of fused-ring (bicyclic) bond motifs is 7. The zero-order valence-electron chi connectivity index (χ0n) is 41.1. The minimum Gasteiger partial charge on any atom is -0.388 e. The summed E-state index contributed by atoms with van der Waals surface area (Å²) < 4.78 is 52.2. The van der Waals surface area contributed by atoms with Gasteiger partial charge >= 0.3 is 0 Å². The average Bonchev–Trinajstić information content (AvgIpc) is 3.79. The number of hydrogen-bond donors (Lipinski definition) is 8. The van der Waals surface area contributed by atoms with Crippen molar-refractivity contribution >= 4 is 28.5 Å². The highest BCUT2D eigenvalue weighted by Crippen LogP contribution is 2.70. The minimum atomic E-state index is -1.75. The van der Waals surface area contributed by atoms with E-state index in [-0.39, 0.29) is 23.5 Å². The fraction of sp³-hybridized carbons (Fsp3) is 0.827. The Morgan fingerprint density at radius 3 is 2.09 bits per heavy atom. The molecule has 1 unspecified atom stereocenters. The predicted octanol–water partition coefficient (Wildman–Crippen LogP) is 3.28. The van der Waals surface area contributed by atoms with Crippen LogP contribution < -0.4 is 5.32 Å². The average molecular weight is 1100 g/mol. The van der Waals surface area contributed by atoms with E-state index in [9.17, 15) is 40.5 Å². The summed E-state index contributed by atoms with van der Waals surface area (Å²) in [4.78, 5) is 13.6. The number of carbonyl (C=O) groups excluding carboxylic acids is 1. The van der Waals surface area contributed by atoms with E-state index in [1.165, 1.54) is 19.4 Å². The van der Waals surface area contributed by atoms with Crippen LogP contribution in [0.25, 0.3) is 0 Å². The van der Waals surface area contributed by atoms with Gasteiger partial charge in [0.05, 0.1) is 36.6 Å². The van der Waals surface area contributed by atoms with E-state index in [1.54, 1.807) is 18.2 Å². The van der Waals surface area contributed by atoms with Gasteiger partial charge in [0.25, 0.3) is 5.91 Å². The van der Waals surface area contributed by atoms with Crippen LogP contribution in [0.2, 0.25) is 0 Å². The molecule has 10 rings (SSSR count). The Hall–Kier alpha value is -1.44. The van der Waals surface area contributed by atoms with Gasteiger partial charge < -0.3 is 79.0 Å². The largest absolute Gasteiger partial charge is 0.388 e. The van der Waals surface area contributed by atoms with Gasteiger partial charge in [0.1, 0.15) is 61.0 Å². The van der Waals surface area contributed by atoms with Gasteiger partial charge in [-0.25, -0.2) is 0 Å². The van der Waals surface area contributed by atoms with Crippen molar-refractivity contribution in [3.05, 3.63) is 45.0 Å². The summed E-state index contributed by atoms with van der Waals surface area (Å²) in [5.41, 5.74) is 1.88. The molecule has 26 atom stereocenters. The molecule has 5 heterocycles. The number of carbonyl (C=O) groups is 1. The van der Waals surface area contributed by atoms with Crippen LogP contribution in [0.4, 0.5) is 0 Å². The molecule has 1 amide bonds. The summed E-state index contributed by atoms with van der Waals surface area (Å²) in [5.74, 6) is 2.09. The summed E-state index contributed by atoms with van der Waals surface area (Å²) in [7, 11) is 0. The van der Waals surface area contributed by atoms with Gasteiger partial charge in [0, 0.05) is 22.5 Å². The summed E-state index contributed by atoms with van der Waals surface area (Å²) in [6.45, 7) is 13.2. The van der Waals surface area contributed by atoms with Crippen molar-refractivity contribution in [3.8, 4) is 0 Å². The number of allylic oxidation sites excluding steroid dienone is 1. The molecule has 8 fully saturated rings. The van der Waals surface area contributed by atoms with Crippen molar-refractivity contribution in [2.45, 2.75) is 209 Å². The molecule has 3 saturated carbocycles. The third-order valence-corrected chi connectivity index (χ3v) is 20.0. The second-order valence-corrected chi connectivity index (χ2v) is 24.2. The van der Waals surface area contributed by atoms with E-state index in [2.05, 4.69) is 61.7 Å². The smallest absolute Gasteiger partial charge is 0.252 e. The molecule has 4 aliphatic carbocycles. The van der Waals surface area contributed by atoms with E-state index >= 15 is 0 Å². The molecule has 1 spiro atoms. The van der Waals surface area contributed by atoms with Gasteiger partial charge in [-0.05, 0) is 140 Å². The molecule has 17 nitrogen and oxygen atoms in total. The quantitative estimate of drug-likeness (QED) is 0.131. The maximum absolute atomic E-state index is 13.6. The van der Waals surface area contributed by atoms with Crippen molar-refractivity contribution in [1.82, 2.24) is 5.32 Å². The molecule has 0 aromatic heterocycles. The third kappa shape index (κ3) is 8.97. The van der Waals surface area contributed by atoms with Crippen molar-refractivity contribution in [2.24, 2.45) is 46.3 Å². The Morgan fingerprint density at radius 2 is 1.43 bits per heavy atom. The molecular formula is C52H76INO16. The number of aliphatic hydroxyl groups excluding tert-OH is 7. The fourth-order valence-electron chi connectivity index (χ4n) is 14.9. The van der Waals surface area contributed by atoms with Crippen LogP contribution in [0.5, 0.6) is 0 Å². The molecular weight excluding hydrogens is 1020 g/mol. The SMILES string of the molecule is C[C@H]1CC[C@@]2(OC1)O[C@H]1CC3[C@@H]4CC=C5C[C@@H](O[C@@H]6O[C@H](CNC(=O)c7ccccc7I)[C@@H](O[C@H]7O[C@H](C)[C@@H](O)[C@H](O)[C@@H]7O)[C@H](O)[C@H]6O[C@H]6O[C@H](C)[C@@H](O)[C@H](O)[C@@H]6O)CC[C@]5(C)[C@H]4CC[C@]3(C)[C@H]1[C@@H]2C. The molecule has 1 aromatic rings. The number of nitrogens with one attached hydrogen (secondary N) is 1. The Balaban J connectivity index is 0.899. The Kier molecular flexibility index (Phi) is 14.8. The van der Waals surface area contributed by atoms with E-state index < -0.39 is 110 Å². The Labute approximate surface area is 424 Å². The summed E-state index contributed by atoms with van der Waals surface area (Å²) >= 11 is 2.07. The van der Waals surface area contributed by atoms with Crippen LogP contribution in [0.3, 0.4) is 0 Å². The molecule has 5 aliphatic heterocycles. The van der Waals surface area contributed by atoms with Crippen LogP contribution in [0, 0.1) is 49.9 Å². The van der Waals surface area contributed by atoms with Crippen LogP contribution >= 0.6 is 22.6 Å². The number of amides is 1. The monoisotopic (exact) mass is 1100 g/mol. The second kappa shape index (κ2) is 19.9. The number of rotatable bonds is 9. The molecule has 18 heteroatoms.